The molecule has 0 aromatic rings. The van der Waals surface area contributed by atoms with Crippen molar-refractivity contribution in [2.75, 3.05) is 26.4 Å². The third-order valence-electron chi connectivity index (χ3n) is 11.2. The molecule has 10 nitrogen and oxygen atoms in total. The SMILES string of the molecule is CCCCCCCC/C=C\CCCCCCCCOCC(COP(=O)(O)OCC(N)C(=O)O)OC(=O)CCCCCCCCCCCCC/C=C\CCCCCCCCCC. The first-order valence-corrected chi connectivity index (χ1v) is 26.9. The van der Waals surface area contributed by atoms with Crippen molar-refractivity contribution in [1.29, 1.82) is 0 Å². The molecule has 0 aromatic heterocycles. The van der Waals surface area contributed by atoms with Gasteiger partial charge in [-0.2, -0.15) is 0 Å². The zero-order chi connectivity index (χ0) is 44.8. The number of phosphoric acid groups is 1. The standard InChI is InChI=1S/C50H96NO9P/c1-3-5-7-9-11-13-15-17-19-21-22-23-24-25-26-27-28-30-32-34-36-38-40-42-49(52)60-47(45-58-61(55,56)59-46-48(51)50(53)54)44-57-43-41-39-37-35-33-31-29-20-18-16-14-12-10-8-6-4-2/h18,20-22,47-48H,3-17,19,23-46,51H2,1-2H3,(H,53,54)(H,55,56)/b20-18-,22-21-. The summed E-state index contributed by atoms with van der Waals surface area (Å²) in [6, 6.07) is -1.47. The lowest BCUT2D eigenvalue weighted by atomic mass is 10.0. The van der Waals surface area contributed by atoms with Crippen molar-refractivity contribution in [2.24, 2.45) is 5.73 Å². The van der Waals surface area contributed by atoms with Crippen LogP contribution in [0.1, 0.15) is 245 Å². The largest absolute Gasteiger partial charge is 0.480 e. The minimum atomic E-state index is -4.62. The summed E-state index contributed by atoms with van der Waals surface area (Å²) < 4.78 is 33.5. The van der Waals surface area contributed by atoms with E-state index in [1.165, 1.54) is 173 Å². The van der Waals surface area contributed by atoms with Crippen molar-refractivity contribution in [3.05, 3.63) is 24.3 Å². The van der Waals surface area contributed by atoms with Crippen molar-refractivity contribution in [1.82, 2.24) is 0 Å². The van der Waals surface area contributed by atoms with E-state index in [4.69, 9.17) is 29.4 Å². The lowest BCUT2D eigenvalue weighted by Crippen LogP contribution is -2.34. The van der Waals surface area contributed by atoms with Crippen molar-refractivity contribution < 1.29 is 42.7 Å². The topological polar surface area (TPSA) is 155 Å². The summed E-state index contributed by atoms with van der Waals surface area (Å²) in [4.78, 5) is 33.7. The third kappa shape index (κ3) is 46.3. The summed E-state index contributed by atoms with van der Waals surface area (Å²) >= 11 is 0. The highest BCUT2D eigenvalue weighted by molar-refractivity contribution is 7.47. The van der Waals surface area contributed by atoms with Crippen LogP contribution in [0.2, 0.25) is 0 Å². The first-order chi connectivity index (χ1) is 29.7. The number of allylic oxidation sites excluding steroid dienone is 4. The molecule has 0 saturated carbocycles. The van der Waals surface area contributed by atoms with E-state index >= 15 is 0 Å². The van der Waals surface area contributed by atoms with Gasteiger partial charge in [0.25, 0.3) is 0 Å². The van der Waals surface area contributed by atoms with Crippen LogP contribution in [0.3, 0.4) is 0 Å². The average molecular weight is 886 g/mol. The zero-order valence-corrected chi connectivity index (χ0v) is 40.4. The lowest BCUT2D eigenvalue weighted by molar-refractivity contribution is -0.154. The molecule has 0 aliphatic carbocycles. The van der Waals surface area contributed by atoms with Crippen LogP contribution >= 0.6 is 7.82 Å². The van der Waals surface area contributed by atoms with Gasteiger partial charge in [-0.25, -0.2) is 4.57 Å². The van der Waals surface area contributed by atoms with Gasteiger partial charge in [-0.05, 0) is 64.2 Å². The Balaban J connectivity index is 4.11. The van der Waals surface area contributed by atoms with Crippen LogP contribution < -0.4 is 5.73 Å². The van der Waals surface area contributed by atoms with Gasteiger partial charge >= 0.3 is 19.8 Å². The highest BCUT2D eigenvalue weighted by Gasteiger charge is 2.27. The number of carbonyl (C=O) groups excluding carboxylic acids is 1. The van der Waals surface area contributed by atoms with E-state index in [0.29, 0.717) is 13.0 Å². The fraction of sp³-hybridized carbons (Fsp3) is 0.880. The van der Waals surface area contributed by atoms with Crippen molar-refractivity contribution in [3.8, 4) is 0 Å². The number of hydrogen-bond acceptors (Lipinski definition) is 8. The minimum absolute atomic E-state index is 0.0158. The molecule has 61 heavy (non-hydrogen) atoms. The van der Waals surface area contributed by atoms with E-state index in [9.17, 15) is 19.0 Å². The van der Waals surface area contributed by atoms with Gasteiger partial charge in [0, 0.05) is 13.0 Å². The number of ether oxygens (including phenoxy) is 2. The van der Waals surface area contributed by atoms with E-state index in [-0.39, 0.29) is 13.0 Å². The Hall–Kier alpha value is -1.55. The fourth-order valence-electron chi connectivity index (χ4n) is 7.24. The van der Waals surface area contributed by atoms with Gasteiger partial charge in [0.2, 0.25) is 0 Å². The van der Waals surface area contributed by atoms with Gasteiger partial charge < -0.3 is 25.2 Å². The Kier molecular flexibility index (Phi) is 45.3. The Bertz CT molecular complexity index is 1070. The molecule has 0 bridgehead atoms. The number of esters is 1. The number of rotatable bonds is 49. The number of nitrogens with two attached hydrogens (primary N) is 1. The maximum Gasteiger partial charge on any atom is 0.472 e. The summed E-state index contributed by atoms with van der Waals surface area (Å²) in [7, 11) is -4.62. The molecule has 0 fully saturated rings. The van der Waals surface area contributed by atoms with E-state index in [2.05, 4.69) is 38.2 Å². The fourth-order valence-corrected chi connectivity index (χ4v) is 8.02. The lowest BCUT2D eigenvalue weighted by Gasteiger charge is -2.20. The van der Waals surface area contributed by atoms with Crippen molar-refractivity contribution >= 4 is 19.8 Å². The maximum absolute atomic E-state index is 12.7. The Labute approximate surface area is 374 Å². The number of aliphatic carboxylic acids is 1. The molecule has 0 aliphatic rings. The second kappa shape index (κ2) is 46.4. The number of carboxylic acid groups (broad SMARTS) is 1. The average Bonchev–Trinajstić information content (AvgIpc) is 3.24. The van der Waals surface area contributed by atoms with Gasteiger partial charge in [0.15, 0.2) is 0 Å². The van der Waals surface area contributed by atoms with E-state index in [0.717, 1.165) is 44.9 Å². The molecule has 3 unspecified atom stereocenters. The smallest absolute Gasteiger partial charge is 0.472 e. The normalized spacial score (nSPS) is 13.9. The molecular weight excluding hydrogens is 790 g/mol. The summed E-state index contributed by atoms with van der Waals surface area (Å²) in [6.45, 7) is 3.90. The molecular formula is C50H96NO9P. The molecule has 0 heterocycles. The first-order valence-electron chi connectivity index (χ1n) is 25.4. The molecule has 0 aromatic carbocycles. The van der Waals surface area contributed by atoms with Crippen LogP contribution in [0, 0.1) is 0 Å². The highest BCUT2D eigenvalue weighted by atomic mass is 31.2. The van der Waals surface area contributed by atoms with E-state index < -0.39 is 45.1 Å². The van der Waals surface area contributed by atoms with Crippen molar-refractivity contribution in [2.45, 2.75) is 257 Å². The number of hydrogen-bond donors (Lipinski definition) is 3. The zero-order valence-electron chi connectivity index (χ0n) is 39.5. The Morgan fingerprint density at radius 1 is 0.508 bits per heavy atom. The number of unbranched alkanes of at least 4 members (excludes halogenated alkanes) is 31. The first kappa shape index (κ1) is 59.5. The van der Waals surface area contributed by atoms with Crippen LogP contribution in [0.5, 0.6) is 0 Å². The molecule has 0 saturated heterocycles. The second-order valence-corrected chi connectivity index (χ2v) is 18.7. The molecule has 0 spiro atoms. The highest BCUT2D eigenvalue weighted by Crippen LogP contribution is 2.43. The van der Waals surface area contributed by atoms with E-state index in [1.807, 2.05) is 0 Å². The Morgan fingerprint density at radius 2 is 0.852 bits per heavy atom. The molecule has 11 heteroatoms. The third-order valence-corrected chi connectivity index (χ3v) is 12.2. The Morgan fingerprint density at radius 3 is 1.25 bits per heavy atom. The number of carboxylic acids is 1. The maximum atomic E-state index is 12.7. The van der Waals surface area contributed by atoms with Crippen LogP contribution in [0.25, 0.3) is 0 Å². The molecule has 0 rings (SSSR count). The van der Waals surface area contributed by atoms with Crippen LogP contribution in [0.4, 0.5) is 0 Å². The van der Waals surface area contributed by atoms with Gasteiger partial charge in [0.05, 0.1) is 19.8 Å². The summed E-state index contributed by atoms with van der Waals surface area (Å²) in [6.07, 6.45) is 52.3. The van der Waals surface area contributed by atoms with Crippen LogP contribution in [-0.4, -0.2) is 60.5 Å². The number of carbonyl (C=O) groups is 2. The van der Waals surface area contributed by atoms with E-state index in [1.54, 1.807) is 0 Å². The van der Waals surface area contributed by atoms with Gasteiger partial charge in [-0.1, -0.05) is 199 Å². The quantitative estimate of drug-likeness (QED) is 0.0233. The molecule has 0 radical (unpaired) electrons. The van der Waals surface area contributed by atoms with Crippen molar-refractivity contribution in [3.63, 3.8) is 0 Å². The van der Waals surface area contributed by atoms with Gasteiger partial charge in [0.1, 0.15) is 12.1 Å². The minimum Gasteiger partial charge on any atom is -0.480 e. The summed E-state index contributed by atoms with van der Waals surface area (Å²) in [5.41, 5.74) is 5.37. The molecule has 0 aliphatic heterocycles. The molecule has 360 valence electrons. The summed E-state index contributed by atoms with van der Waals surface area (Å²) in [5, 5.41) is 8.92. The van der Waals surface area contributed by atoms with Crippen LogP contribution in [-0.2, 0) is 32.7 Å². The van der Waals surface area contributed by atoms with Gasteiger partial charge in [-0.3, -0.25) is 18.6 Å². The summed E-state index contributed by atoms with van der Waals surface area (Å²) in [5.74, 6) is -1.77. The molecule has 4 N–H and O–H groups in total. The molecule has 3 atom stereocenters. The predicted molar refractivity (Wildman–Crippen MR) is 254 cm³/mol. The predicted octanol–water partition coefficient (Wildman–Crippen LogP) is 14.7. The number of phosphoric ester groups is 1. The van der Waals surface area contributed by atoms with Gasteiger partial charge in [-0.15, -0.1) is 0 Å². The second-order valence-electron chi connectivity index (χ2n) is 17.3. The van der Waals surface area contributed by atoms with Crippen LogP contribution in [0.15, 0.2) is 24.3 Å². The monoisotopic (exact) mass is 886 g/mol. The molecule has 0 amide bonds.